The molecule has 0 radical (unpaired) electrons. The molecule has 0 atom stereocenters. The highest BCUT2D eigenvalue weighted by Crippen LogP contribution is 2.30. The van der Waals surface area contributed by atoms with Gasteiger partial charge in [-0.2, -0.15) is 13.2 Å². The Morgan fingerprint density at radius 2 is 1.64 bits per heavy atom. The van der Waals surface area contributed by atoms with Gasteiger partial charge in [0.15, 0.2) is 0 Å². The monoisotopic (exact) mass is 352 g/mol. The first kappa shape index (κ1) is 18.8. The van der Waals surface area contributed by atoms with Gasteiger partial charge in [-0.3, -0.25) is 9.88 Å². The maximum Gasteiger partial charge on any atom is 0.416 e. The number of benzene rings is 1. The molecule has 2 aromatic rings. The van der Waals surface area contributed by atoms with Gasteiger partial charge in [-0.05, 0) is 45.0 Å². The molecule has 25 heavy (non-hydrogen) atoms. The quantitative estimate of drug-likeness (QED) is 0.752. The van der Waals surface area contributed by atoms with Crippen LogP contribution in [0.25, 0.3) is 11.3 Å². The molecule has 134 valence electrons. The molecular formula is C18H19F3N2O2. The SMILES string of the molecule is CN(C(=O)OC(C)(C)C)c1ccc(-c2ccc(C(F)(F)F)cc2)nc1. The van der Waals surface area contributed by atoms with E-state index in [1.54, 1.807) is 40.0 Å². The lowest BCUT2D eigenvalue weighted by molar-refractivity contribution is -0.137. The number of alkyl halides is 3. The lowest BCUT2D eigenvalue weighted by Gasteiger charge is -2.24. The fraction of sp³-hybridized carbons (Fsp3) is 0.333. The van der Waals surface area contributed by atoms with E-state index in [1.165, 1.54) is 23.2 Å². The van der Waals surface area contributed by atoms with E-state index < -0.39 is 23.4 Å². The number of anilines is 1. The number of aromatic nitrogens is 1. The second-order valence-electron chi connectivity index (χ2n) is 6.52. The Bertz CT molecular complexity index is 733. The second-order valence-corrected chi connectivity index (χ2v) is 6.52. The maximum absolute atomic E-state index is 12.6. The summed E-state index contributed by atoms with van der Waals surface area (Å²) in [6, 6.07) is 8.04. The van der Waals surface area contributed by atoms with Gasteiger partial charge < -0.3 is 4.74 Å². The topological polar surface area (TPSA) is 42.4 Å². The van der Waals surface area contributed by atoms with Crippen molar-refractivity contribution >= 4 is 11.8 Å². The van der Waals surface area contributed by atoms with Crippen LogP contribution >= 0.6 is 0 Å². The smallest absolute Gasteiger partial charge is 0.416 e. The molecule has 0 unspecified atom stereocenters. The van der Waals surface area contributed by atoms with E-state index in [0.717, 1.165) is 12.1 Å². The first-order valence-corrected chi connectivity index (χ1v) is 7.58. The fourth-order valence-corrected chi connectivity index (χ4v) is 2.02. The van der Waals surface area contributed by atoms with E-state index in [2.05, 4.69) is 4.98 Å². The number of halogens is 3. The van der Waals surface area contributed by atoms with Crippen LogP contribution in [0.2, 0.25) is 0 Å². The van der Waals surface area contributed by atoms with Crippen molar-refractivity contribution in [1.82, 2.24) is 4.98 Å². The van der Waals surface area contributed by atoms with Crippen molar-refractivity contribution in [3.63, 3.8) is 0 Å². The van der Waals surface area contributed by atoms with Crippen LogP contribution in [0.1, 0.15) is 26.3 Å². The van der Waals surface area contributed by atoms with Gasteiger partial charge in [-0.25, -0.2) is 4.79 Å². The lowest BCUT2D eigenvalue weighted by Crippen LogP contribution is -2.34. The Morgan fingerprint density at radius 1 is 1.04 bits per heavy atom. The number of rotatable bonds is 2. The highest BCUT2D eigenvalue weighted by molar-refractivity contribution is 5.87. The Balaban J connectivity index is 2.15. The summed E-state index contributed by atoms with van der Waals surface area (Å²) in [7, 11) is 1.56. The molecule has 1 amide bonds. The zero-order valence-corrected chi connectivity index (χ0v) is 14.4. The van der Waals surface area contributed by atoms with Gasteiger partial charge in [-0.1, -0.05) is 12.1 Å². The summed E-state index contributed by atoms with van der Waals surface area (Å²) in [6.07, 6.45) is -3.42. The fourth-order valence-electron chi connectivity index (χ4n) is 2.02. The number of carbonyl (C=O) groups excluding carboxylic acids is 1. The van der Waals surface area contributed by atoms with Crippen LogP contribution in [-0.2, 0) is 10.9 Å². The van der Waals surface area contributed by atoms with Crippen LogP contribution in [0.4, 0.5) is 23.7 Å². The number of nitrogens with zero attached hydrogens (tertiary/aromatic N) is 2. The second kappa shape index (κ2) is 6.74. The van der Waals surface area contributed by atoms with Crippen LogP contribution in [0, 0.1) is 0 Å². The molecule has 0 fully saturated rings. The van der Waals surface area contributed by atoms with Crippen molar-refractivity contribution in [2.24, 2.45) is 0 Å². The standard InChI is InChI=1S/C18H19F3N2O2/c1-17(2,3)25-16(24)23(4)14-9-10-15(22-11-14)12-5-7-13(8-6-12)18(19,20)21/h5-11H,1-4H3. The molecule has 7 heteroatoms. The molecule has 1 aromatic heterocycles. The minimum atomic E-state index is -4.37. The Hall–Kier alpha value is -2.57. The predicted octanol–water partition coefficient (Wildman–Crippen LogP) is 5.14. The molecule has 0 saturated heterocycles. The van der Waals surface area contributed by atoms with Crippen LogP contribution in [0.3, 0.4) is 0 Å². The summed E-state index contributed by atoms with van der Waals surface area (Å²) in [5.74, 6) is 0. The number of hydrogen-bond donors (Lipinski definition) is 0. The first-order chi connectivity index (χ1) is 11.5. The number of ether oxygens (including phenoxy) is 1. The van der Waals surface area contributed by atoms with Crippen molar-refractivity contribution < 1.29 is 22.7 Å². The Labute approximate surface area is 144 Å². The van der Waals surface area contributed by atoms with E-state index in [-0.39, 0.29) is 0 Å². The molecule has 0 aliphatic heterocycles. The van der Waals surface area contributed by atoms with Crippen molar-refractivity contribution in [2.45, 2.75) is 32.5 Å². The summed E-state index contributed by atoms with van der Waals surface area (Å²) in [5.41, 5.74) is 0.260. The van der Waals surface area contributed by atoms with Crippen LogP contribution in [0.15, 0.2) is 42.6 Å². The largest absolute Gasteiger partial charge is 0.443 e. The summed E-state index contributed by atoms with van der Waals surface area (Å²) in [6.45, 7) is 5.31. The molecule has 0 bridgehead atoms. The number of hydrogen-bond acceptors (Lipinski definition) is 3. The third kappa shape index (κ3) is 4.95. The molecule has 1 heterocycles. The number of carbonyl (C=O) groups is 1. The Morgan fingerprint density at radius 3 is 2.08 bits per heavy atom. The molecule has 1 aromatic carbocycles. The third-order valence-corrected chi connectivity index (χ3v) is 3.31. The highest BCUT2D eigenvalue weighted by atomic mass is 19.4. The van der Waals surface area contributed by atoms with E-state index in [9.17, 15) is 18.0 Å². The normalized spacial score (nSPS) is 12.0. The molecule has 4 nitrogen and oxygen atoms in total. The van der Waals surface area contributed by atoms with Gasteiger partial charge >= 0.3 is 12.3 Å². The molecular weight excluding hydrogens is 333 g/mol. The molecule has 0 saturated carbocycles. The zero-order chi connectivity index (χ0) is 18.8. The first-order valence-electron chi connectivity index (χ1n) is 7.58. The molecule has 0 spiro atoms. The van der Waals surface area contributed by atoms with Crippen molar-refractivity contribution in [3.05, 3.63) is 48.2 Å². The van der Waals surface area contributed by atoms with Gasteiger partial charge in [0.1, 0.15) is 5.60 Å². The Kier molecular flexibility index (Phi) is 5.06. The average molecular weight is 352 g/mol. The van der Waals surface area contributed by atoms with Gasteiger partial charge in [0.2, 0.25) is 0 Å². The van der Waals surface area contributed by atoms with Gasteiger partial charge in [0.25, 0.3) is 0 Å². The maximum atomic E-state index is 12.6. The van der Waals surface area contributed by atoms with Gasteiger partial charge in [0.05, 0.1) is 23.1 Å². The highest BCUT2D eigenvalue weighted by Gasteiger charge is 2.30. The minimum absolute atomic E-state index is 0.509. The third-order valence-electron chi connectivity index (χ3n) is 3.31. The lowest BCUT2D eigenvalue weighted by atomic mass is 10.1. The summed E-state index contributed by atoms with van der Waals surface area (Å²) >= 11 is 0. The minimum Gasteiger partial charge on any atom is -0.443 e. The zero-order valence-electron chi connectivity index (χ0n) is 14.4. The molecule has 0 aliphatic rings. The number of amides is 1. The van der Waals surface area contributed by atoms with E-state index >= 15 is 0 Å². The molecule has 0 N–H and O–H groups in total. The predicted molar refractivity (Wildman–Crippen MR) is 89.3 cm³/mol. The van der Waals surface area contributed by atoms with E-state index in [4.69, 9.17) is 4.74 Å². The van der Waals surface area contributed by atoms with Crippen LogP contribution < -0.4 is 4.90 Å². The average Bonchev–Trinajstić information content (AvgIpc) is 2.52. The summed E-state index contributed by atoms with van der Waals surface area (Å²) < 4.78 is 43.0. The summed E-state index contributed by atoms with van der Waals surface area (Å²) in [5, 5.41) is 0. The van der Waals surface area contributed by atoms with Crippen molar-refractivity contribution in [2.75, 3.05) is 11.9 Å². The summed E-state index contributed by atoms with van der Waals surface area (Å²) in [4.78, 5) is 17.5. The molecule has 0 aliphatic carbocycles. The van der Waals surface area contributed by atoms with Crippen molar-refractivity contribution in [3.8, 4) is 11.3 Å². The van der Waals surface area contributed by atoms with E-state index in [0.29, 0.717) is 16.9 Å². The molecule has 2 rings (SSSR count). The van der Waals surface area contributed by atoms with Crippen LogP contribution in [0.5, 0.6) is 0 Å². The van der Waals surface area contributed by atoms with Gasteiger partial charge in [0, 0.05) is 12.6 Å². The van der Waals surface area contributed by atoms with Crippen LogP contribution in [-0.4, -0.2) is 23.7 Å². The number of pyridine rings is 1. The van der Waals surface area contributed by atoms with Crippen molar-refractivity contribution in [1.29, 1.82) is 0 Å². The van der Waals surface area contributed by atoms with Gasteiger partial charge in [-0.15, -0.1) is 0 Å². The van der Waals surface area contributed by atoms with E-state index in [1.807, 2.05) is 0 Å².